The van der Waals surface area contributed by atoms with E-state index in [1.807, 2.05) is 0 Å². The number of benzene rings is 1. The van der Waals surface area contributed by atoms with E-state index in [1.54, 1.807) is 37.2 Å². The average molecular weight is 299 g/mol. The van der Waals surface area contributed by atoms with Crippen LogP contribution in [0.15, 0.2) is 18.2 Å². The molecule has 0 saturated heterocycles. The standard InChI is InChI=1S/C13H12Cl2N2O2/c1-17(2)13-8(12(15)18)4-7-5-11(19-3)9(14)6-10(7)16-13/h4-6H,1-3H3. The van der Waals surface area contributed by atoms with Gasteiger partial charge in [0.25, 0.3) is 5.24 Å². The lowest BCUT2D eigenvalue weighted by Crippen LogP contribution is -2.14. The Morgan fingerprint density at radius 1 is 1.32 bits per heavy atom. The zero-order valence-electron chi connectivity index (χ0n) is 10.7. The lowest BCUT2D eigenvalue weighted by atomic mass is 10.1. The van der Waals surface area contributed by atoms with E-state index in [-0.39, 0.29) is 0 Å². The zero-order chi connectivity index (χ0) is 14.2. The summed E-state index contributed by atoms with van der Waals surface area (Å²) >= 11 is 11.7. The molecule has 0 fully saturated rings. The highest BCUT2D eigenvalue weighted by molar-refractivity contribution is 6.68. The molecule has 0 aliphatic carbocycles. The molecule has 0 amide bonds. The lowest BCUT2D eigenvalue weighted by molar-refractivity contribution is 0.108. The molecule has 0 saturated carbocycles. The number of rotatable bonds is 3. The number of carbonyl (C=O) groups is 1. The van der Waals surface area contributed by atoms with Crippen LogP contribution in [0, 0.1) is 0 Å². The van der Waals surface area contributed by atoms with Crippen molar-refractivity contribution in [1.82, 2.24) is 4.98 Å². The quantitative estimate of drug-likeness (QED) is 0.815. The number of anilines is 1. The maximum Gasteiger partial charge on any atom is 0.256 e. The summed E-state index contributed by atoms with van der Waals surface area (Å²) < 4.78 is 5.14. The topological polar surface area (TPSA) is 42.4 Å². The second-order valence-corrected chi connectivity index (χ2v) is 4.96. The number of halogens is 2. The highest BCUT2D eigenvalue weighted by Crippen LogP contribution is 2.32. The second-order valence-electron chi connectivity index (χ2n) is 4.21. The Hall–Kier alpha value is -1.52. The van der Waals surface area contributed by atoms with Crippen LogP contribution in [-0.2, 0) is 0 Å². The highest BCUT2D eigenvalue weighted by Gasteiger charge is 2.15. The maximum atomic E-state index is 11.5. The molecule has 0 aliphatic heterocycles. The van der Waals surface area contributed by atoms with Gasteiger partial charge in [0.1, 0.15) is 11.6 Å². The number of hydrogen-bond donors (Lipinski definition) is 0. The average Bonchev–Trinajstić information content (AvgIpc) is 2.36. The number of hydrogen-bond acceptors (Lipinski definition) is 4. The smallest absolute Gasteiger partial charge is 0.256 e. The van der Waals surface area contributed by atoms with Crippen molar-refractivity contribution in [1.29, 1.82) is 0 Å². The lowest BCUT2D eigenvalue weighted by Gasteiger charge is -2.15. The fourth-order valence-electron chi connectivity index (χ4n) is 1.81. The molecule has 1 heterocycles. The number of fused-ring (bicyclic) bond motifs is 1. The molecule has 0 radical (unpaired) electrons. The number of aromatic nitrogens is 1. The van der Waals surface area contributed by atoms with Crippen molar-refractivity contribution in [2.45, 2.75) is 0 Å². The molecule has 19 heavy (non-hydrogen) atoms. The predicted octanol–water partition coefficient (Wildman–Crippen LogP) is 3.34. The molecule has 0 bridgehead atoms. The molecule has 100 valence electrons. The van der Waals surface area contributed by atoms with Gasteiger partial charge in [0, 0.05) is 19.5 Å². The molecule has 0 aliphatic rings. The van der Waals surface area contributed by atoms with Gasteiger partial charge in [-0.1, -0.05) is 11.6 Å². The Bertz CT molecular complexity index is 657. The first-order valence-corrected chi connectivity index (χ1v) is 6.25. The van der Waals surface area contributed by atoms with Gasteiger partial charge >= 0.3 is 0 Å². The van der Waals surface area contributed by atoms with E-state index < -0.39 is 5.24 Å². The van der Waals surface area contributed by atoms with Crippen molar-refractivity contribution in [3.8, 4) is 5.75 Å². The van der Waals surface area contributed by atoms with Crippen LogP contribution < -0.4 is 9.64 Å². The van der Waals surface area contributed by atoms with E-state index >= 15 is 0 Å². The van der Waals surface area contributed by atoms with Gasteiger partial charge in [0.15, 0.2) is 0 Å². The van der Waals surface area contributed by atoms with E-state index in [0.717, 1.165) is 5.39 Å². The SMILES string of the molecule is COc1cc2cc(C(=O)Cl)c(N(C)C)nc2cc1Cl. The molecule has 6 heteroatoms. The van der Waals surface area contributed by atoms with Crippen LogP contribution in [0.2, 0.25) is 5.02 Å². The summed E-state index contributed by atoms with van der Waals surface area (Å²) in [6, 6.07) is 5.12. The summed E-state index contributed by atoms with van der Waals surface area (Å²) in [5.74, 6) is 1.04. The molecule has 4 nitrogen and oxygen atoms in total. The number of methoxy groups -OCH3 is 1. The van der Waals surface area contributed by atoms with Gasteiger partial charge in [-0.2, -0.15) is 0 Å². The Morgan fingerprint density at radius 3 is 2.53 bits per heavy atom. The van der Waals surface area contributed by atoms with Crippen LogP contribution in [0.5, 0.6) is 5.75 Å². The first-order chi connectivity index (χ1) is 8.93. The van der Waals surface area contributed by atoms with Gasteiger partial charge in [-0.05, 0) is 29.8 Å². The van der Waals surface area contributed by atoms with Gasteiger partial charge in [-0.25, -0.2) is 4.98 Å². The summed E-state index contributed by atoms with van der Waals surface area (Å²) in [4.78, 5) is 17.6. The third-order valence-corrected chi connectivity index (χ3v) is 3.20. The van der Waals surface area contributed by atoms with Crippen LogP contribution in [0.1, 0.15) is 10.4 Å². The highest BCUT2D eigenvalue weighted by atomic mass is 35.5. The molecule has 2 rings (SSSR count). The van der Waals surface area contributed by atoms with E-state index in [9.17, 15) is 4.79 Å². The summed E-state index contributed by atoms with van der Waals surface area (Å²) in [7, 11) is 5.12. The van der Waals surface area contributed by atoms with Gasteiger partial charge < -0.3 is 9.64 Å². The summed E-state index contributed by atoms with van der Waals surface area (Å²) in [5.41, 5.74) is 1.03. The van der Waals surface area contributed by atoms with Crippen LogP contribution >= 0.6 is 23.2 Å². The molecule has 0 N–H and O–H groups in total. The largest absolute Gasteiger partial charge is 0.495 e. The van der Waals surface area contributed by atoms with E-state index in [4.69, 9.17) is 27.9 Å². The third-order valence-electron chi connectivity index (χ3n) is 2.70. The summed E-state index contributed by atoms with van der Waals surface area (Å²) in [5, 5.41) is 0.667. The zero-order valence-corrected chi connectivity index (χ0v) is 12.2. The first-order valence-electron chi connectivity index (χ1n) is 5.49. The maximum absolute atomic E-state index is 11.5. The Morgan fingerprint density at radius 2 is 2.00 bits per heavy atom. The minimum atomic E-state index is -0.549. The summed E-state index contributed by atoms with van der Waals surface area (Å²) in [6.45, 7) is 0. The number of carbonyl (C=O) groups excluding carboxylic acids is 1. The molecule has 0 spiro atoms. The van der Waals surface area contributed by atoms with E-state index in [2.05, 4.69) is 4.98 Å². The molecule has 2 aromatic rings. The van der Waals surface area contributed by atoms with Crippen LogP contribution in [0.3, 0.4) is 0 Å². The van der Waals surface area contributed by atoms with Crippen molar-refractivity contribution in [3.63, 3.8) is 0 Å². The number of pyridine rings is 1. The fourth-order valence-corrected chi connectivity index (χ4v) is 2.18. The first kappa shape index (κ1) is 13.9. The third kappa shape index (κ3) is 2.60. The minimum absolute atomic E-state index is 0.351. The molecule has 1 aromatic heterocycles. The Kier molecular flexibility index (Phi) is 3.83. The number of ether oxygens (including phenoxy) is 1. The van der Waals surface area contributed by atoms with E-state index in [1.165, 1.54) is 7.11 Å². The molecule has 1 aromatic carbocycles. The number of nitrogens with zero attached hydrogens (tertiary/aromatic N) is 2. The van der Waals surface area contributed by atoms with Crippen LogP contribution in [0.25, 0.3) is 10.9 Å². The van der Waals surface area contributed by atoms with Crippen molar-refractivity contribution in [2.24, 2.45) is 0 Å². The monoisotopic (exact) mass is 298 g/mol. The molecular weight excluding hydrogens is 287 g/mol. The Labute approximate surface area is 120 Å². The van der Waals surface area contributed by atoms with E-state index in [0.29, 0.717) is 27.7 Å². The fraction of sp³-hybridized carbons (Fsp3) is 0.231. The molecule has 0 atom stereocenters. The normalized spacial score (nSPS) is 10.6. The van der Waals surface area contributed by atoms with Crippen LogP contribution in [-0.4, -0.2) is 31.4 Å². The van der Waals surface area contributed by atoms with Crippen molar-refractivity contribution in [3.05, 3.63) is 28.8 Å². The molecule has 0 unspecified atom stereocenters. The van der Waals surface area contributed by atoms with Gasteiger partial charge in [0.05, 0.1) is 23.2 Å². The molecular formula is C13H12Cl2N2O2. The van der Waals surface area contributed by atoms with Gasteiger partial charge in [-0.15, -0.1) is 0 Å². The predicted molar refractivity (Wildman–Crippen MR) is 77.8 cm³/mol. The van der Waals surface area contributed by atoms with Crippen LogP contribution in [0.4, 0.5) is 5.82 Å². The Balaban J connectivity index is 2.77. The van der Waals surface area contributed by atoms with Crippen molar-refractivity contribution in [2.75, 3.05) is 26.1 Å². The summed E-state index contributed by atoms with van der Waals surface area (Å²) in [6.07, 6.45) is 0. The van der Waals surface area contributed by atoms with Gasteiger partial charge in [-0.3, -0.25) is 4.79 Å². The van der Waals surface area contributed by atoms with Crippen molar-refractivity contribution < 1.29 is 9.53 Å². The van der Waals surface area contributed by atoms with Gasteiger partial charge in [0.2, 0.25) is 0 Å². The second kappa shape index (κ2) is 5.23. The van der Waals surface area contributed by atoms with Crippen molar-refractivity contribution >= 4 is 45.2 Å². The minimum Gasteiger partial charge on any atom is -0.495 e.